The van der Waals surface area contributed by atoms with Gasteiger partial charge in [-0.3, -0.25) is 4.79 Å². The molecule has 1 aromatic heterocycles. The lowest BCUT2D eigenvalue weighted by Crippen LogP contribution is -2.51. The van der Waals surface area contributed by atoms with Crippen molar-refractivity contribution in [3.05, 3.63) is 48.3 Å². The molecule has 8 heteroatoms. The molecule has 1 saturated heterocycles. The van der Waals surface area contributed by atoms with Gasteiger partial charge in [0.1, 0.15) is 0 Å². The van der Waals surface area contributed by atoms with Gasteiger partial charge >= 0.3 is 0 Å². The molecule has 2 aromatic rings. The molecule has 152 valence electrons. The van der Waals surface area contributed by atoms with Crippen molar-refractivity contribution >= 4 is 23.5 Å². The van der Waals surface area contributed by atoms with Crippen molar-refractivity contribution in [1.82, 2.24) is 14.9 Å². The number of aromatic nitrogens is 2. The van der Waals surface area contributed by atoms with E-state index in [1.54, 1.807) is 12.4 Å². The number of carbonyl (C=O) groups is 1. The number of amides is 1. The van der Waals surface area contributed by atoms with Gasteiger partial charge in [-0.25, -0.2) is 15.0 Å². The molecule has 2 fully saturated rings. The van der Waals surface area contributed by atoms with E-state index in [0.717, 1.165) is 62.6 Å². The maximum Gasteiger partial charge on any atom is 0.227 e. The smallest absolute Gasteiger partial charge is 0.227 e. The number of carbonyl (C=O) groups excluding carboxylic acids is 1. The van der Waals surface area contributed by atoms with E-state index in [-0.39, 0.29) is 11.8 Å². The van der Waals surface area contributed by atoms with Crippen LogP contribution in [0.4, 0.5) is 11.6 Å². The van der Waals surface area contributed by atoms with Crippen LogP contribution in [0.1, 0.15) is 24.8 Å². The first-order chi connectivity index (χ1) is 14.2. The number of nitrogens with two attached hydrogens (primary N) is 1. The fourth-order valence-electron chi connectivity index (χ4n) is 3.52. The van der Waals surface area contributed by atoms with Gasteiger partial charge in [0.25, 0.3) is 0 Å². The molecule has 0 unspecified atom stereocenters. The van der Waals surface area contributed by atoms with Gasteiger partial charge in [-0.15, -0.1) is 0 Å². The number of piperazine rings is 1. The lowest BCUT2D eigenvalue weighted by molar-refractivity contribution is -0.122. The van der Waals surface area contributed by atoms with Crippen molar-refractivity contribution in [2.75, 3.05) is 36.4 Å². The summed E-state index contributed by atoms with van der Waals surface area (Å²) in [6, 6.07) is 9.64. The largest absolute Gasteiger partial charge is 0.370 e. The number of guanidine groups is 1. The Balaban J connectivity index is 1.30. The second-order valence-corrected chi connectivity index (χ2v) is 7.51. The Bertz CT molecular complexity index is 858. The predicted octanol–water partition coefficient (Wildman–Crippen LogP) is 1.85. The second kappa shape index (κ2) is 8.89. The van der Waals surface area contributed by atoms with Gasteiger partial charge in [-0.05, 0) is 36.6 Å². The molecule has 2 aliphatic rings. The minimum absolute atomic E-state index is 0.122. The fraction of sp³-hybridized carbons (Fsp3) is 0.429. The predicted molar refractivity (Wildman–Crippen MR) is 114 cm³/mol. The molecule has 1 aliphatic carbocycles. The Morgan fingerprint density at radius 2 is 1.90 bits per heavy atom. The molecule has 1 aliphatic heterocycles. The number of nitrogens with one attached hydrogen (secondary N) is 1. The Morgan fingerprint density at radius 1 is 1.14 bits per heavy atom. The number of benzene rings is 1. The number of anilines is 2. The Kier molecular flexibility index (Phi) is 5.88. The van der Waals surface area contributed by atoms with E-state index < -0.39 is 0 Å². The molecule has 0 radical (unpaired) electrons. The molecule has 3 N–H and O–H groups in total. The Morgan fingerprint density at radius 3 is 2.59 bits per heavy atom. The third-order valence-corrected chi connectivity index (χ3v) is 5.53. The first kappa shape index (κ1) is 19.2. The van der Waals surface area contributed by atoms with Crippen LogP contribution >= 0.6 is 0 Å². The first-order valence-electron chi connectivity index (χ1n) is 10.2. The van der Waals surface area contributed by atoms with Crippen LogP contribution in [0.2, 0.25) is 0 Å². The number of hydrogen-bond donors (Lipinski definition) is 2. The van der Waals surface area contributed by atoms with Crippen molar-refractivity contribution < 1.29 is 4.79 Å². The zero-order chi connectivity index (χ0) is 20.1. The summed E-state index contributed by atoms with van der Waals surface area (Å²) in [5.41, 5.74) is 8.07. The SMILES string of the molecule is NC(=NCc1cccc(NC(=O)C2CCC2)c1)N1CCN(c2ncccn2)CC1. The molecular weight excluding hydrogens is 366 g/mol. The van der Waals surface area contributed by atoms with E-state index in [0.29, 0.717) is 12.5 Å². The first-order valence-corrected chi connectivity index (χ1v) is 10.2. The normalized spacial score (nSPS) is 17.7. The summed E-state index contributed by atoms with van der Waals surface area (Å²) < 4.78 is 0. The number of nitrogens with zero attached hydrogens (tertiary/aromatic N) is 5. The van der Waals surface area contributed by atoms with Crippen LogP contribution in [0.15, 0.2) is 47.7 Å². The molecular formula is C21H27N7O. The maximum absolute atomic E-state index is 12.1. The summed E-state index contributed by atoms with van der Waals surface area (Å²) in [5.74, 6) is 1.59. The molecule has 29 heavy (non-hydrogen) atoms. The third-order valence-electron chi connectivity index (χ3n) is 5.53. The summed E-state index contributed by atoms with van der Waals surface area (Å²) in [4.78, 5) is 29.5. The quantitative estimate of drug-likeness (QED) is 0.594. The van der Waals surface area contributed by atoms with Crippen LogP contribution < -0.4 is 16.0 Å². The topological polar surface area (TPSA) is 99.7 Å². The van der Waals surface area contributed by atoms with E-state index in [2.05, 4.69) is 30.1 Å². The molecule has 0 bridgehead atoms. The highest BCUT2D eigenvalue weighted by molar-refractivity contribution is 5.93. The van der Waals surface area contributed by atoms with E-state index in [4.69, 9.17) is 5.73 Å². The third kappa shape index (κ3) is 4.82. The van der Waals surface area contributed by atoms with E-state index in [9.17, 15) is 4.79 Å². The van der Waals surface area contributed by atoms with Gasteiger partial charge in [-0.1, -0.05) is 18.6 Å². The summed E-state index contributed by atoms with van der Waals surface area (Å²) >= 11 is 0. The molecule has 4 rings (SSSR count). The van der Waals surface area contributed by atoms with Gasteiger partial charge in [0.15, 0.2) is 5.96 Å². The molecule has 1 aromatic carbocycles. The van der Waals surface area contributed by atoms with Gasteiger partial charge < -0.3 is 20.9 Å². The van der Waals surface area contributed by atoms with Crippen LogP contribution in [-0.2, 0) is 11.3 Å². The van der Waals surface area contributed by atoms with Crippen molar-refractivity contribution in [3.8, 4) is 0 Å². The highest BCUT2D eigenvalue weighted by Gasteiger charge is 2.25. The summed E-state index contributed by atoms with van der Waals surface area (Å²) in [5, 5.41) is 3.01. The molecule has 1 amide bonds. The maximum atomic E-state index is 12.1. The summed E-state index contributed by atoms with van der Waals surface area (Å²) in [6.07, 6.45) is 6.66. The molecule has 2 heterocycles. The van der Waals surface area contributed by atoms with Crippen molar-refractivity contribution in [3.63, 3.8) is 0 Å². The van der Waals surface area contributed by atoms with Gasteiger partial charge in [0, 0.05) is 50.2 Å². The number of rotatable bonds is 5. The van der Waals surface area contributed by atoms with Crippen molar-refractivity contribution in [1.29, 1.82) is 0 Å². The molecule has 8 nitrogen and oxygen atoms in total. The Hall–Kier alpha value is -3.16. The molecule has 0 spiro atoms. The average Bonchev–Trinajstić information content (AvgIpc) is 2.72. The summed E-state index contributed by atoms with van der Waals surface area (Å²) in [7, 11) is 0. The van der Waals surface area contributed by atoms with Crippen molar-refractivity contribution in [2.24, 2.45) is 16.6 Å². The summed E-state index contributed by atoms with van der Waals surface area (Å²) in [6.45, 7) is 3.67. The van der Waals surface area contributed by atoms with Crippen LogP contribution in [0.5, 0.6) is 0 Å². The van der Waals surface area contributed by atoms with E-state index in [1.807, 2.05) is 30.3 Å². The Labute approximate surface area is 170 Å². The fourth-order valence-corrected chi connectivity index (χ4v) is 3.52. The zero-order valence-electron chi connectivity index (χ0n) is 16.5. The number of hydrogen-bond acceptors (Lipinski definition) is 5. The van der Waals surface area contributed by atoms with E-state index in [1.165, 1.54) is 0 Å². The van der Waals surface area contributed by atoms with Crippen LogP contribution in [0.3, 0.4) is 0 Å². The second-order valence-electron chi connectivity index (χ2n) is 7.51. The number of aliphatic imine (C=N–C) groups is 1. The minimum Gasteiger partial charge on any atom is -0.370 e. The van der Waals surface area contributed by atoms with E-state index >= 15 is 0 Å². The van der Waals surface area contributed by atoms with Crippen LogP contribution in [0.25, 0.3) is 0 Å². The van der Waals surface area contributed by atoms with Crippen molar-refractivity contribution in [2.45, 2.75) is 25.8 Å². The lowest BCUT2D eigenvalue weighted by atomic mass is 9.85. The lowest BCUT2D eigenvalue weighted by Gasteiger charge is -2.35. The standard InChI is InChI=1S/C21H27N7O/c22-20(27-10-12-28(13-11-27)21-23-8-3-9-24-21)25-15-16-4-1-7-18(14-16)26-19(29)17-5-2-6-17/h1,3-4,7-9,14,17H,2,5-6,10-13,15H2,(H2,22,25)(H,26,29). The molecule has 1 saturated carbocycles. The van der Waals surface area contributed by atoms with Gasteiger partial charge in [-0.2, -0.15) is 0 Å². The van der Waals surface area contributed by atoms with Gasteiger partial charge in [0.05, 0.1) is 6.54 Å². The average molecular weight is 393 g/mol. The highest BCUT2D eigenvalue weighted by Crippen LogP contribution is 2.27. The molecule has 0 atom stereocenters. The van der Waals surface area contributed by atoms with Gasteiger partial charge in [0.2, 0.25) is 11.9 Å². The minimum atomic E-state index is 0.122. The monoisotopic (exact) mass is 393 g/mol. The van der Waals surface area contributed by atoms with Crippen LogP contribution in [-0.4, -0.2) is 52.9 Å². The highest BCUT2D eigenvalue weighted by atomic mass is 16.1. The van der Waals surface area contributed by atoms with Crippen LogP contribution in [0, 0.1) is 5.92 Å². The zero-order valence-corrected chi connectivity index (χ0v) is 16.5.